The number of carbonyl (C=O) groups excluding carboxylic acids is 1. The van der Waals surface area contributed by atoms with Crippen LogP contribution in [0.2, 0.25) is 0 Å². The molecule has 0 aliphatic carbocycles. The van der Waals surface area contributed by atoms with E-state index in [0.29, 0.717) is 24.2 Å². The van der Waals surface area contributed by atoms with Crippen LogP contribution in [-0.4, -0.2) is 32.0 Å². The molecule has 128 valence electrons. The van der Waals surface area contributed by atoms with Crippen LogP contribution in [0.5, 0.6) is 0 Å². The normalized spacial score (nSPS) is 17.8. The van der Waals surface area contributed by atoms with E-state index >= 15 is 0 Å². The number of hydrogen-bond donors (Lipinski definition) is 2. The van der Waals surface area contributed by atoms with Crippen molar-refractivity contribution in [2.75, 3.05) is 26.0 Å². The summed E-state index contributed by atoms with van der Waals surface area (Å²) < 4.78 is 10.5. The first-order valence-corrected chi connectivity index (χ1v) is 9.09. The lowest BCUT2D eigenvalue weighted by atomic mass is 10.0. The molecular weight excluding hydrogens is 324 g/mol. The summed E-state index contributed by atoms with van der Waals surface area (Å²) >= 11 is 1.89. The Hall–Kier alpha value is -1.92. The topological polar surface area (TPSA) is 63.5 Å². The van der Waals surface area contributed by atoms with Crippen LogP contribution < -0.4 is 10.6 Å². The van der Waals surface area contributed by atoms with Crippen molar-refractivity contribution in [2.45, 2.75) is 17.7 Å². The largest absolute Gasteiger partial charge is 0.467 e. The number of urea groups is 1. The first-order chi connectivity index (χ1) is 11.8. The van der Waals surface area contributed by atoms with Crippen LogP contribution in [0.15, 0.2) is 47.1 Å². The molecule has 2 amide bonds. The number of carbonyl (C=O) groups is 1. The molecule has 0 bridgehead atoms. The number of thioether (sulfide) groups is 1. The molecule has 0 saturated heterocycles. The van der Waals surface area contributed by atoms with Crippen LogP contribution in [0.4, 0.5) is 4.79 Å². The number of amides is 2. The Kier molecular flexibility index (Phi) is 5.82. The molecule has 1 aliphatic heterocycles. The number of methoxy groups -OCH3 is 1. The molecule has 2 heterocycles. The Balaban J connectivity index is 1.56. The van der Waals surface area contributed by atoms with Gasteiger partial charge in [-0.3, -0.25) is 0 Å². The number of hydrogen-bond acceptors (Lipinski definition) is 4. The number of fused-ring (bicyclic) bond motifs is 1. The zero-order chi connectivity index (χ0) is 16.8. The van der Waals surface area contributed by atoms with E-state index in [9.17, 15) is 4.79 Å². The smallest absolute Gasteiger partial charge is 0.315 e. The number of rotatable bonds is 6. The second-order valence-corrected chi connectivity index (χ2v) is 7.00. The number of nitrogens with one attached hydrogen (secondary N) is 2. The summed E-state index contributed by atoms with van der Waals surface area (Å²) in [7, 11) is 1.60. The summed E-state index contributed by atoms with van der Waals surface area (Å²) in [5, 5.41) is 6.18. The van der Waals surface area contributed by atoms with Gasteiger partial charge in [-0.25, -0.2) is 4.79 Å². The minimum atomic E-state index is -0.295. The average Bonchev–Trinajstić information content (AvgIpc) is 3.14. The van der Waals surface area contributed by atoms with E-state index in [1.807, 2.05) is 17.8 Å². The van der Waals surface area contributed by atoms with Crippen molar-refractivity contribution in [3.63, 3.8) is 0 Å². The van der Waals surface area contributed by atoms with Gasteiger partial charge in [0.1, 0.15) is 11.8 Å². The first-order valence-electron chi connectivity index (χ1n) is 8.04. The van der Waals surface area contributed by atoms with Crippen molar-refractivity contribution >= 4 is 17.8 Å². The molecule has 0 saturated carbocycles. The maximum absolute atomic E-state index is 12.2. The molecule has 0 fully saturated rings. The van der Waals surface area contributed by atoms with Crippen LogP contribution in [0.3, 0.4) is 0 Å². The van der Waals surface area contributed by atoms with Crippen LogP contribution in [0.1, 0.15) is 28.2 Å². The maximum atomic E-state index is 12.2. The third-order valence-electron chi connectivity index (χ3n) is 4.07. The zero-order valence-corrected chi connectivity index (χ0v) is 14.5. The minimum absolute atomic E-state index is 0.211. The van der Waals surface area contributed by atoms with Gasteiger partial charge in [0.25, 0.3) is 0 Å². The van der Waals surface area contributed by atoms with Gasteiger partial charge in [0, 0.05) is 18.9 Å². The highest BCUT2D eigenvalue weighted by Gasteiger charge is 2.22. The molecule has 2 atom stereocenters. The fraction of sp³-hybridized carbons (Fsp3) is 0.389. The SMILES string of the molecule is COC[C@@H](NC(=O)NC[C@@H]1SCCc2ccccc21)c1ccco1. The first kappa shape index (κ1) is 16.9. The lowest BCUT2D eigenvalue weighted by molar-refractivity contribution is 0.157. The molecule has 0 unspecified atom stereocenters. The van der Waals surface area contributed by atoms with Gasteiger partial charge in [-0.2, -0.15) is 11.8 Å². The Bertz CT molecular complexity index is 660. The van der Waals surface area contributed by atoms with Crippen LogP contribution in [0, 0.1) is 0 Å². The molecule has 24 heavy (non-hydrogen) atoms. The molecule has 3 rings (SSSR count). The molecule has 1 aliphatic rings. The van der Waals surface area contributed by atoms with Gasteiger partial charge in [0.15, 0.2) is 0 Å². The van der Waals surface area contributed by atoms with Gasteiger partial charge < -0.3 is 19.8 Å². The molecule has 6 heteroatoms. The molecule has 0 radical (unpaired) electrons. The highest BCUT2D eigenvalue weighted by molar-refractivity contribution is 7.99. The van der Waals surface area contributed by atoms with Gasteiger partial charge in [0.2, 0.25) is 0 Å². The van der Waals surface area contributed by atoms with Crippen molar-refractivity contribution < 1.29 is 13.9 Å². The lowest BCUT2D eigenvalue weighted by Gasteiger charge is -2.25. The van der Waals surface area contributed by atoms with Gasteiger partial charge in [0.05, 0.1) is 12.9 Å². The number of benzene rings is 1. The van der Waals surface area contributed by atoms with Gasteiger partial charge in [-0.1, -0.05) is 24.3 Å². The van der Waals surface area contributed by atoms with Gasteiger partial charge in [-0.15, -0.1) is 0 Å². The molecule has 5 nitrogen and oxygen atoms in total. The van der Waals surface area contributed by atoms with Crippen LogP contribution in [-0.2, 0) is 11.2 Å². The summed E-state index contributed by atoms with van der Waals surface area (Å²) in [6.45, 7) is 0.966. The molecule has 2 aromatic rings. The zero-order valence-electron chi connectivity index (χ0n) is 13.7. The second kappa shape index (κ2) is 8.26. The second-order valence-electron chi connectivity index (χ2n) is 5.69. The van der Waals surface area contributed by atoms with E-state index < -0.39 is 0 Å². The number of aryl methyl sites for hydroxylation is 1. The van der Waals surface area contributed by atoms with E-state index in [4.69, 9.17) is 9.15 Å². The monoisotopic (exact) mass is 346 g/mol. The lowest BCUT2D eigenvalue weighted by Crippen LogP contribution is -2.41. The summed E-state index contributed by atoms with van der Waals surface area (Å²) in [4.78, 5) is 12.2. The van der Waals surface area contributed by atoms with Crippen molar-refractivity contribution in [1.82, 2.24) is 10.6 Å². The van der Waals surface area contributed by atoms with Gasteiger partial charge >= 0.3 is 6.03 Å². The van der Waals surface area contributed by atoms with E-state index in [2.05, 4.69) is 34.9 Å². The molecular formula is C18H22N2O3S. The Morgan fingerprint density at radius 1 is 1.38 bits per heavy atom. The molecule has 1 aromatic heterocycles. The Morgan fingerprint density at radius 3 is 3.04 bits per heavy atom. The van der Waals surface area contributed by atoms with E-state index in [-0.39, 0.29) is 12.1 Å². The minimum Gasteiger partial charge on any atom is -0.467 e. The van der Waals surface area contributed by atoms with Crippen LogP contribution in [0.25, 0.3) is 0 Å². The third kappa shape index (κ3) is 4.13. The maximum Gasteiger partial charge on any atom is 0.315 e. The van der Waals surface area contributed by atoms with E-state index in [1.165, 1.54) is 11.1 Å². The predicted octanol–water partition coefficient (Wildman–Crippen LogP) is 3.30. The number of ether oxygens (including phenoxy) is 1. The molecule has 1 aromatic carbocycles. The molecule has 2 N–H and O–H groups in total. The van der Waals surface area contributed by atoms with Gasteiger partial charge in [-0.05, 0) is 35.4 Å². The third-order valence-corrected chi connectivity index (χ3v) is 5.33. The van der Waals surface area contributed by atoms with E-state index in [0.717, 1.165) is 12.2 Å². The van der Waals surface area contributed by atoms with Crippen LogP contribution >= 0.6 is 11.8 Å². The Labute approximate surface area is 146 Å². The summed E-state index contributed by atoms with van der Waals surface area (Å²) in [6.07, 6.45) is 2.69. The average molecular weight is 346 g/mol. The predicted molar refractivity (Wildman–Crippen MR) is 95.2 cm³/mol. The fourth-order valence-electron chi connectivity index (χ4n) is 2.89. The van der Waals surface area contributed by atoms with Crippen molar-refractivity contribution in [3.8, 4) is 0 Å². The Morgan fingerprint density at radius 2 is 2.25 bits per heavy atom. The van der Waals surface area contributed by atoms with E-state index in [1.54, 1.807) is 19.4 Å². The standard InChI is InChI=1S/C18H22N2O3S/c1-22-12-15(16-7-4-9-23-16)20-18(21)19-11-17-14-6-3-2-5-13(14)8-10-24-17/h2-7,9,15,17H,8,10-12H2,1H3,(H2,19,20,21)/t15-,17+/m1/s1. The molecule has 0 spiro atoms. The number of furan rings is 1. The highest BCUT2D eigenvalue weighted by Crippen LogP contribution is 2.35. The summed E-state index contributed by atoms with van der Waals surface area (Å²) in [5.41, 5.74) is 2.71. The highest BCUT2D eigenvalue weighted by atomic mass is 32.2. The summed E-state index contributed by atoms with van der Waals surface area (Å²) in [6, 6.07) is 11.6. The quantitative estimate of drug-likeness (QED) is 0.842. The summed E-state index contributed by atoms with van der Waals surface area (Å²) in [5.74, 6) is 1.77. The van der Waals surface area contributed by atoms with Crippen molar-refractivity contribution in [2.24, 2.45) is 0 Å². The fourth-order valence-corrected chi connectivity index (χ4v) is 4.12. The van der Waals surface area contributed by atoms with Crippen molar-refractivity contribution in [3.05, 3.63) is 59.5 Å². The van der Waals surface area contributed by atoms with Crippen molar-refractivity contribution in [1.29, 1.82) is 0 Å².